The van der Waals surface area contributed by atoms with E-state index in [1.165, 1.54) is 12.8 Å². The van der Waals surface area contributed by atoms with Gasteiger partial charge in [-0.05, 0) is 45.2 Å². The quantitative estimate of drug-likeness (QED) is 0.774. The van der Waals surface area contributed by atoms with Crippen molar-refractivity contribution in [3.05, 3.63) is 0 Å². The highest BCUT2D eigenvalue weighted by Gasteiger charge is 2.36. The zero-order chi connectivity index (χ0) is 14.5. The van der Waals surface area contributed by atoms with Crippen molar-refractivity contribution >= 4 is 11.7 Å². The van der Waals surface area contributed by atoms with Crippen LogP contribution in [0.4, 0.5) is 0 Å². The molecule has 2 aliphatic rings. The lowest BCUT2D eigenvalue weighted by atomic mass is 9.88. The number of ketones is 1. The molecule has 0 aromatic rings. The van der Waals surface area contributed by atoms with Crippen LogP contribution in [-0.4, -0.2) is 54.7 Å². The lowest BCUT2D eigenvalue weighted by molar-refractivity contribution is -0.129. The van der Waals surface area contributed by atoms with E-state index in [2.05, 4.69) is 4.90 Å². The number of nitrogens with zero attached hydrogens (tertiary/aromatic N) is 2. The maximum absolute atomic E-state index is 12.0. The fourth-order valence-electron chi connectivity index (χ4n) is 3.66. The average molecular weight is 280 g/mol. The number of carbonyl (C=O) groups excluding carboxylic acids is 2. The van der Waals surface area contributed by atoms with Gasteiger partial charge < -0.3 is 4.90 Å². The van der Waals surface area contributed by atoms with E-state index in [-0.39, 0.29) is 11.8 Å². The molecule has 0 aromatic heterocycles. The summed E-state index contributed by atoms with van der Waals surface area (Å²) >= 11 is 0. The minimum Gasteiger partial charge on any atom is -0.349 e. The summed E-state index contributed by atoms with van der Waals surface area (Å²) in [6.45, 7) is 2.07. The molecule has 114 valence electrons. The predicted molar refractivity (Wildman–Crippen MR) is 79.5 cm³/mol. The Bertz CT molecular complexity index is 354. The monoisotopic (exact) mass is 280 g/mol. The molecule has 4 nitrogen and oxygen atoms in total. The molecular formula is C16H28N2O2. The molecule has 1 heterocycles. The largest absolute Gasteiger partial charge is 0.349 e. The second kappa shape index (κ2) is 7.21. The Labute approximate surface area is 122 Å². The van der Waals surface area contributed by atoms with Crippen molar-refractivity contribution < 1.29 is 9.59 Å². The molecule has 2 unspecified atom stereocenters. The fraction of sp³-hybridized carbons (Fsp3) is 0.875. The van der Waals surface area contributed by atoms with Gasteiger partial charge in [0.25, 0.3) is 0 Å². The van der Waals surface area contributed by atoms with E-state index >= 15 is 0 Å². The molecule has 2 fully saturated rings. The highest BCUT2D eigenvalue weighted by atomic mass is 16.2. The van der Waals surface area contributed by atoms with E-state index in [0.717, 1.165) is 45.2 Å². The molecule has 1 saturated carbocycles. The molecule has 2 atom stereocenters. The summed E-state index contributed by atoms with van der Waals surface area (Å²) in [5.41, 5.74) is 0. The summed E-state index contributed by atoms with van der Waals surface area (Å²) in [5, 5.41) is 0. The fourth-order valence-corrected chi connectivity index (χ4v) is 3.66. The van der Waals surface area contributed by atoms with Gasteiger partial charge in [0.2, 0.25) is 5.91 Å². The Morgan fingerprint density at radius 3 is 2.70 bits per heavy atom. The van der Waals surface area contributed by atoms with Gasteiger partial charge in [-0.15, -0.1) is 0 Å². The lowest BCUT2D eigenvalue weighted by Crippen LogP contribution is -2.46. The first-order valence-electron chi connectivity index (χ1n) is 8.06. The van der Waals surface area contributed by atoms with Gasteiger partial charge in [0.1, 0.15) is 5.78 Å². The zero-order valence-electron chi connectivity index (χ0n) is 12.9. The highest BCUT2D eigenvalue weighted by Crippen LogP contribution is 2.32. The minimum absolute atomic E-state index is 0.204. The minimum atomic E-state index is 0.204. The molecule has 0 radical (unpaired) electrons. The Kier molecular flexibility index (Phi) is 5.58. The molecule has 1 amide bonds. The Morgan fingerprint density at radius 1 is 1.25 bits per heavy atom. The first kappa shape index (κ1) is 15.5. The van der Waals surface area contributed by atoms with Gasteiger partial charge in [0.05, 0.1) is 0 Å². The number of hydrogen-bond acceptors (Lipinski definition) is 3. The smallest absolute Gasteiger partial charge is 0.222 e. The summed E-state index contributed by atoms with van der Waals surface area (Å²) in [6, 6.07) is 0.452. The van der Waals surface area contributed by atoms with Crippen LogP contribution in [0.3, 0.4) is 0 Å². The normalized spacial score (nSPS) is 27.8. The van der Waals surface area contributed by atoms with Crippen molar-refractivity contribution in [2.45, 2.75) is 57.4 Å². The topological polar surface area (TPSA) is 40.6 Å². The molecule has 0 aromatic carbocycles. The van der Waals surface area contributed by atoms with Gasteiger partial charge in [-0.2, -0.15) is 0 Å². The standard InChI is InChI=1S/C16H28N2O2/c1-17(2)16(20)10-6-12-18-11-4-3-8-14(18)13-7-5-9-15(13)19/h13-14H,3-12H2,1-2H3. The first-order chi connectivity index (χ1) is 9.59. The zero-order valence-corrected chi connectivity index (χ0v) is 12.9. The van der Waals surface area contributed by atoms with Crippen LogP contribution in [-0.2, 0) is 9.59 Å². The number of rotatable bonds is 5. The van der Waals surface area contributed by atoms with Gasteiger partial charge >= 0.3 is 0 Å². The van der Waals surface area contributed by atoms with E-state index in [1.807, 2.05) is 14.1 Å². The van der Waals surface area contributed by atoms with Crippen LogP contribution in [0.15, 0.2) is 0 Å². The Balaban J connectivity index is 1.84. The van der Waals surface area contributed by atoms with Gasteiger partial charge in [0.15, 0.2) is 0 Å². The molecule has 1 aliphatic heterocycles. The predicted octanol–water partition coefficient (Wildman–Crippen LogP) is 2.08. The van der Waals surface area contributed by atoms with Crippen LogP contribution in [0.5, 0.6) is 0 Å². The van der Waals surface area contributed by atoms with Crippen molar-refractivity contribution in [3.63, 3.8) is 0 Å². The average Bonchev–Trinajstić information content (AvgIpc) is 2.85. The van der Waals surface area contributed by atoms with Crippen LogP contribution < -0.4 is 0 Å². The molecule has 0 N–H and O–H groups in total. The van der Waals surface area contributed by atoms with Crippen molar-refractivity contribution in [2.75, 3.05) is 27.2 Å². The van der Waals surface area contributed by atoms with Crippen molar-refractivity contribution in [2.24, 2.45) is 5.92 Å². The second-order valence-corrected chi connectivity index (χ2v) is 6.46. The van der Waals surface area contributed by atoms with Gasteiger partial charge in [-0.1, -0.05) is 6.42 Å². The summed E-state index contributed by atoms with van der Waals surface area (Å²) in [6.07, 6.45) is 8.12. The number of Topliss-reactive ketones (excluding diaryl/α,β-unsaturated/α-hetero) is 1. The summed E-state index contributed by atoms with van der Waals surface area (Å²) in [7, 11) is 3.62. The molecule has 0 spiro atoms. The summed E-state index contributed by atoms with van der Waals surface area (Å²) < 4.78 is 0. The Hall–Kier alpha value is -0.900. The third kappa shape index (κ3) is 3.81. The third-order valence-corrected chi connectivity index (χ3v) is 4.82. The van der Waals surface area contributed by atoms with Crippen molar-refractivity contribution in [1.82, 2.24) is 9.80 Å². The van der Waals surface area contributed by atoms with E-state index in [4.69, 9.17) is 0 Å². The highest BCUT2D eigenvalue weighted by molar-refractivity contribution is 5.83. The molecule has 20 heavy (non-hydrogen) atoms. The van der Waals surface area contributed by atoms with Crippen LogP contribution in [0, 0.1) is 5.92 Å². The summed E-state index contributed by atoms with van der Waals surface area (Å²) in [5.74, 6) is 0.960. The van der Waals surface area contributed by atoms with Crippen molar-refractivity contribution in [3.8, 4) is 0 Å². The third-order valence-electron chi connectivity index (χ3n) is 4.82. The SMILES string of the molecule is CN(C)C(=O)CCCN1CCCCC1C1CCCC1=O. The molecular weight excluding hydrogens is 252 g/mol. The van der Waals surface area contributed by atoms with E-state index in [1.54, 1.807) is 4.90 Å². The molecule has 4 heteroatoms. The second-order valence-electron chi connectivity index (χ2n) is 6.46. The summed E-state index contributed by atoms with van der Waals surface area (Å²) in [4.78, 5) is 27.8. The van der Waals surface area contributed by atoms with E-state index < -0.39 is 0 Å². The lowest BCUT2D eigenvalue weighted by Gasteiger charge is -2.38. The van der Waals surface area contributed by atoms with Crippen molar-refractivity contribution in [1.29, 1.82) is 0 Å². The van der Waals surface area contributed by atoms with Gasteiger partial charge in [0, 0.05) is 38.9 Å². The molecule has 1 aliphatic carbocycles. The number of hydrogen-bond donors (Lipinski definition) is 0. The van der Waals surface area contributed by atoms with Crippen LogP contribution >= 0.6 is 0 Å². The van der Waals surface area contributed by atoms with Crippen LogP contribution in [0.25, 0.3) is 0 Å². The van der Waals surface area contributed by atoms with Gasteiger partial charge in [-0.25, -0.2) is 0 Å². The number of piperidine rings is 1. The first-order valence-corrected chi connectivity index (χ1v) is 8.06. The molecule has 0 bridgehead atoms. The van der Waals surface area contributed by atoms with Crippen LogP contribution in [0.1, 0.15) is 51.4 Å². The van der Waals surface area contributed by atoms with E-state index in [0.29, 0.717) is 18.2 Å². The number of carbonyl (C=O) groups is 2. The maximum atomic E-state index is 12.0. The van der Waals surface area contributed by atoms with Crippen LogP contribution in [0.2, 0.25) is 0 Å². The number of amides is 1. The van der Waals surface area contributed by atoms with Gasteiger partial charge in [-0.3, -0.25) is 14.5 Å². The Morgan fingerprint density at radius 2 is 2.05 bits per heavy atom. The molecule has 2 rings (SSSR count). The van der Waals surface area contributed by atoms with E-state index in [9.17, 15) is 9.59 Å². The maximum Gasteiger partial charge on any atom is 0.222 e. The number of likely N-dealkylation sites (tertiary alicyclic amines) is 1. The molecule has 1 saturated heterocycles.